The maximum Gasteiger partial charge on any atom is 0.256 e. The summed E-state index contributed by atoms with van der Waals surface area (Å²) < 4.78 is 5.47. The Labute approximate surface area is 114 Å². The van der Waals surface area contributed by atoms with Gasteiger partial charge in [-0.3, -0.25) is 0 Å². The second-order valence-electron chi connectivity index (χ2n) is 3.68. The van der Waals surface area contributed by atoms with E-state index in [1.54, 1.807) is 12.1 Å². The quantitative estimate of drug-likeness (QED) is 0.511. The third kappa shape index (κ3) is 2.95. The zero-order chi connectivity index (χ0) is 13.1. The number of thioether (sulfide) groups is 1. The minimum atomic E-state index is 0.577. The first-order valence-electron chi connectivity index (χ1n) is 5.29. The highest BCUT2D eigenvalue weighted by Crippen LogP contribution is 2.27. The number of aryl methyl sites for hydroxylation is 2. The van der Waals surface area contributed by atoms with E-state index in [9.17, 15) is 0 Å². The first-order valence-corrected chi connectivity index (χ1v) is 6.65. The molecule has 5 nitrogen and oxygen atoms in total. The summed E-state index contributed by atoms with van der Waals surface area (Å²) in [6, 6.07) is 3.47. The van der Waals surface area contributed by atoms with Crippen LogP contribution in [-0.2, 0) is 5.75 Å². The Hall–Kier alpha value is -1.24. The predicted molar refractivity (Wildman–Crippen MR) is 72.6 cm³/mol. The second-order valence-corrected chi connectivity index (χ2v) is 5.01. The van der Waals surface area contributed by atoms with Crippen LogP contribution in [0.5, 0.6) is 0 Å². The number of pyridine rings is 1. The van der Waals surface area contributed by atoms with E-state index in [1.165, 1.54) is 11.8 Å². The van der Waals surface area contributed by atoms with E-state index in [2.05, 4.69) is 15.4 Å². The van der Waals surface area contributed by atoms with E-state index in [-0.39, 0.29) is 0 Å². The third-order valence-electron chi connectivity index (χ3n) is 2.41. The minimum Gasteiger partial charge on any atom is -0.437 e. The number of nitrogens with two attached hydrogens (primary N) is 1. The standard InChI is InChI=1S/C11H13ClN4OS/c1-6-7(2)17-11(14-6)18-5-9-8(12)3-4-10(15-9)16-13/h3-4H,5,13H2,1-2H3,(H,15,16). The van der Waals surface area contributed by atoms with Crippen LogP contribution < -0.4 is 11.3 Å². The van der Waals surface area contributed by atoms with Crippen molar-refractivity contribution in [2.45, 2.75) is 24.8 Å². The lowest BCUT2D eigenvalue weighted by Crippen LogP contribution is -2.09. The predicted octanol–water partition coefficient (Wildman–Crippen LogP) is 2.92. The molecule has 0 amide bonds. The highest BCUT2D eigenvalue weighted by molar-refractivity contribution is 7.98. The number of nitrogen functional groups attached to an aromatic ring is 1. The molecule has 2 heterocycles. The number of hydrazine groups is 1. The van der Waals surface area contributed by atoms with Crippen LogP contribution in [-0.4, -0.2) is 9.97 Å². The molecule has 2 rings (SSSR count). The highest BCUT2D eigenvalue weighted by atomic mass is 35.5. The van der Waals surface area contributed by atoms with Gasteiger partial charge in [0.2, 0.25) is 0 Å². The van der Waals surface area contributed by atoms with E-state index in [4.69, 9.17) is 21.9 Å². The van der Waals surface area contributed by atoms with Crippen molar-refractivity contribution in [3.05, 3.63) is 34.3 Å². The Kier molecular flexibility index (Phi) is 4.11. The van der Waals surface area contributed by atoms with Crippen LogP contribution in [0.4, 0.5) is 5.82 Å². The molecule has 0 spiro atoms. The maximum atomic E-state index is 6.06. The molecule has 0 saturated heterocycles. The van der Waals surface area contributed by atoms with Crippen molar-refractivity contribution in [2.75, 3.05) is 5.43 Å². The van der Waals surface area contributed by atoms with Crippen molar-refractivity contribution in [3.63, 3.8) is 0 Å². The highest BCUT2D eigenvalue weighted by Gasteiger charge is 2.09. The van der Waals surface area contributed by atoms with Gasteiger partial charge in [-0.1, -0.05) is 23.4 Å². The minimum absolute atomic E-state index is 0.577. The van der Waals surface area contributed by atoms with Crippen molar-refractivity contribution in [2.24, 2.45) is 5.84 Å². The van der Waals surface area contributed by atoms with Gasteiger partial charge in [-0.15, -0.1) is 0 Å². The van der Waals surface area contributed by atoms with E-state index < -0.39 is 0 Å². The Bertz CT molecular complexity index is 538. The normalized spacial score (nSPS) is 10.7. The molecule has 0 aromatic carbocycles. The van der Waals surface area contributed by atoms with Gasteiger partial charge in [0.25, 0.3) is 5.22 Å². The fourth-order valence-electron chi connectivity index (χ4n) is 1.30. The number of nitrogens with zero attached hydrogens (tertiary/aromatic N) is 2. The molecule has 7 heteroatoms. The van der Waals surface area contributed by atoms with Crippen molar-refractivity contribution in [1.82, 2.24) is 9.97 Å². The summed E-state index contributed by atoms with van der Waals surface area (Å²) in [4.78, 5) is 8.56. The number of hydrogen-bond donors (Lipinski definition) is 2. The molecule has 0 unspecified atom stereocenters. The topological polar surface area (TPSA) is 77.0 Å². The molecule has 0 fully saturated rings. The number of aromatic nitrogens is 2. The van der Waals surface area contributed by atoms with E-state index >= 15 is 0 Å². The molecule has 0 aliphatic heterocycles. The van der Waals surface area contributed by atoms with Crippen molar-refractivity contribution in [3.8, 4) is 0 Å². The summed E-state index contributed by atoms with van der Waals surface area (Å²) in [6.07, 6.45) is 0. The van der Waals surface area contributed by atoms with Crippen molar-refractivity contribution >= 4 is 29.2 Å². The first kappa shape index (κ1) is 13.2. The Balaban J connectivity index is 2.10. The van der Waals surface area contributed by atoms with Crippen molar-refractivity contribution < 1.29 is 4.42 Å². The van der Waals surface area contributed by atoms with Gasteiger partial charge in [-0.2, -0.15) is 0 Å². The summed E-state index contributed by atoms with van der Waals surface area (Å²) in [5.41, 5.74) is 4.13. The van der Waals surface area contributed by atoms with Crippen LogP contribution in [0.1, 0.15) is 17.1 Å². The summed E-state index contributed by atoms with van der Waals surface area (Å²) in [7, 11) is 0. The van der Waals surface area contributed by atoms with Crippen LogP contribution in [0.2, 0.25) is 5.02 Å². The van der Waals surface area contributed by atoms with E-state index in [0.29, 0.717) is 21.8 Å². The molecule has 2 aromatic heterocycles. The number of oxazole rings is 1. The van der Waals surface area contributed by atoms with Gasteiger partial charge >= 0.3 is 0 Å². The molecule has 0 radical (unpaired) electrons. The average Bonchev–Trinajstić information content (AvgIpc) is 2.68. The van der Waals surface area contributed by atoms with Gasteiger partial charge in [0.05, 0.1) is 16.4 Å². The van der Waals surface area contributed by atoms with Crippen LogP contribution in [0, 0.1) is 13.8 Å². The van der Waals surface area contributed by atoms with Gasteiger partial charge in [0.15, 0.2) is 0 Å². The molecular weight excluding hydrogens is 272 g/mol. The van der Waals surface area contributed by atoms with Gasteiger partial charge < -0.3 is 9.84 Å². The Morgan fingerprint density at radius 3 is 2.78 bits per heavy atom. The van der Waals surface area contributed by atoms with Gasteiger partial charge in [0, 0.05) is 5.75 Å². The summed E-state index contributed by atoms with van der Waals surface area (Å²) >= 11 is 7.51. The Morgan fingerprint density at radius 2 is 2.17 bits per heavy atom. The number of rotatable bonds is 4. The molecule has 0 bridgehead atoms. The number of anilines is 1. The SMILES string of the molecule is Cc1nc(SCc2nc(NN)ccc2Cl)oc1C. The third-order valence-corrected chi connectivity index (χ3v) is 3.59. The molecule has 18 heavy (non-hydrogen) atoms. The van der Waals surface area contributed by atoms with Crippen LogP contribution in [0.3, 0.4) is 0 Å². The lowest BCUT2D eigenvalue weighted by Gasteiger charge is -2.04. The maximum absolute atomic E-state index is 6.06. The number of hydrogen-bond acceptors (Lipinski definition) is 6. The van der Waals surface area contributed by atoms with Gasteiger partial charge in [0.1, 0.15) is 11.6 Å². The summed E-state index contributed by atoms with van der Waals surface area (Å²) in [5.74, 6) is 7.29. The number of nitrogens with one attached hydrogen (secondary N) is 1. The smallest absolute Gasteiger partial charge is 0.256 e. The van der Waals surface area contributed by atoms with Crippen molar-refractivity contribution in [1.29, 1.82) is 0 Å². The van der Waals surface area contributed by atoms with E-state index in [0.717, 1.165) is 17.1 Å². The Morgan fingerprint density at radius 1 is 1.39 bits per heavy atom. The zero-order valence-electron chi connectivity index (χ0n) is 10.0. The van der Waals surface area contributed by atoms with Crippen LogP contribution in [0.15, 0.2) is 21.8 Å². The lowest BCUT2D eigenvalue weighted by molar-refractivity contribution is 0.431. The van der Waals surface area contributed by atoms with Crippen LogP contribution >= 0.6 is 23.4 Å². The zero-order valence-corrected chi connectivity index (χ0v) is 11.6. The summed E-state index contributed by atoms with van der Waals surface area (Å²) in [6.45, 7) is 3.80. The molecule has 0 aliphatic rings. The molecular formula is C11H13ClN4OS. The molecule has 96 valence electrons. The fourth-order valence-corrected chi connectivity index (χ4v) is 2.42. The number of halogens is 1. The first-order chi connectivity index (χ1) is 8.60. The van der Waals surface area contributed by atoms with E-state index in [1.807, 2.05) is 13.8 Å². The summed E-state index contributed by atoms with van der Waals surface area (Å²) in [5, 5.41) is 1.22. The average molecular weight is 285 g/mol. The molecule has 3 N–H and O–H groups in total. The monoisotopic (exact) mass is 284 g/mol. The largest absolute Gasteiger partial charge is 0.437 e. The fraction of sp³-hybridized carbons (Fsp3) is 0.273. The molecule has 2 aromatic rings. The lowest BCUT2D eigenvalue weighted by atomic mass is 10.4. The van der Waals surface area contributed by atoms with Crippen LogP contribution in [0.25, 0.3) is 0 Å². The molecule has 0 aliphatic carbocycles. The molecule has 0 saturated carbocycles. The molecule has 0 atom stereocenters. The van der Waals surface area contributed by atoms with Gasteiger partial charge in [-0.25, -0.2) is 15.8 Å². The van der Waals surface area contributed by atoms with Gasteiger partial charge in [-0.05, 0) is 26.0 Å². The second kappa shape index (κ2) is 5.60.